The summed E-state index contributed by atoms with van der Waals surface area (Å²) < 4.78 is 5.65. The first-order valence-electron chi connectivity index (χ1n) is 7.46. The lowest BCUT2D eigenvalue weighted by molar-refractivity contribution is -0.114. The van der Waals surface area contributed by atoms with Gasteiger partial charge in [0.25, 0.3) is 0 Å². The molecule has 1 aromatic carbocycles. The van der Waals surface area contributed by atoms with Crippen LogP contribution in [-0.4, -0.2) is 38.6 Å². The van der Waals surface area contributed by atoms with Crippen LogP contribution in [0.2, 0.25) is 0 Å². The summed E-state index contributed by atoms with van der Waals surface area (Å²) in [7, 11) is 1.74. The number of anilines is 1. The fourth-order valence-electron chi connectivity index (χ4n) is 1.73. The molecule has 0 unspecified atom stereocenters. The Kier molecular flexibility index (Phi) is 11.2. The van der Waals surface area contributed by atoms with Gasteiger partial charge in [-0.25, -0.2) is 0 Å². The number of hydrogen-bond acceptors (Lipinski definition) is 3. The average Bonchev–Trinajstić information content (AvgIpc) is 2.46. The summed E-state index contributed by atoms with van der Waals surface area (Å²) in [5.74, 6) is 1.95. The molecule has 130 valence electrons. The molecule has 1 rings (SSSR count). The molecule has 0 saturated carbocycles. The van der Waals surface area contributed by atoms with Gasteiger partial charge in [-0.05, 0) is 18.1 Å². The number of nitrogens with one attached hydrogen (secondary N) is 3. The number of hydrogen-bond donors (Lipinski definition) is 3. The molecule has 1 amide bonds. The summed E-state index contributed by atoms with van der Waals surface area (Å²) in [6.45, 7) is 7.79. The lowest BCUT2D eigenvalue weighted by atomic mass is 10.2. The highest BCUT2D eigenvalue weighted by Crippen LogP contribution is 2.16. The molecule has 6 nitrogen and oxygen atoms in total. The molecule has 0 heterocycles. The van der Waals surface area contributed by atoms with Gasteiger partial charge in [0, 0.05) is 32.3 Å². The van der Waals surface area contributed by atoms with Gasteiger partial charge in [-0.15, -0.1) is 24.0 Å². The second kappa shape index (κ2) is 12.0. The van der Waals surface area contributed by atoms with E-state index in [1.807, 2.05) is 18.2 Å². The zero-order chi connectivity index (χ0) is 16.4. The van der Waals surface area contributed by atoms with Crippen LogP contribution in [0.25, 0.3) is 0 Å². The molecule has 3 N–H and O–H groups in total. The van der Waals surface area contributed by atoms with E-state index in [2.05, 4.69) is 34.8 Å². The first-order valence-corrected chi connectivity index (χ1v) is 7.46. The van der Waals surface area contributed by atoms with Gasteiger partial charge in [0.15, 0.2) is 5.96 Å². The zero-order valence-corrected chi connectivity index (χ0v) is 16.5. The van der Waals surface area contributed by atoms with Crippen LogP contribution in [0.15, 0.2) is 29.3 Å². The van der Waals surface area contributed by atoms with E-state index in [9.17, 15) is 4.79 Å². The predicted molar refractivity (Wildman–Crippen MR) is 106 cm³/mol. The van der Waals surface area contributed by atoms with Gasteiger partial charge in [-0.2, -0.15) is 0 Å². The van der Waals surface area contributed by atoms with Crippen LogP contribution in [-0.2, 0) is 4.79 Å². The number of carbonyl (C=O) groups excluding carboxylic acids is 1. The highest BCUT2D eigenvalue weighted by atomic mass is 127. The third kappa shape index (κ3) is 9.98. The van der Waals surface area contributed by atoms with Crippen LogP contribution < -0.4 is 20.7 Å². The molecule has 0 aromatic heterocycles. The van der Waals surface area contributed by atoms with E-state index in [1.54, 1.807) is 13.1 Å². The molecular weight excluding hydrogens is 407 g/mol. The number of rotatable bonds is 7. The number of carbonyl (C=O) groups is 1. The van der Waals surface area contributed by atoms with Crippen LogP contribution in [0.4, 0.5) is 5.69 Å². The quantitative estimate of drug-likeness (QED) is 0.267. The van der Waals surface area contributed by atoms with Crippen molar-refractivity contribution in [2.45, 2.75) is 20.8 Å². The number of aliphatic imine (C=N–C) groups is 1. The molecule has 0 fully saturated rings. The van der Waals surface area contributed by atoms with Crippen molar-refractivity contribution in [1.29, 1.82) is 0 Å². The largest absolute Gasteiger partial charge is 0.492 e. The molecule has 0 radical (unpaired) electrons. The summed E-state index contributed by atoms with van der Waals surface area (Å²) in [5, 5.41) is 9.15. The fourth-order valence-corrected chi connectivity index (χ4v) is 1.73. The van der Waals surface area contributed by atoms with Crippen molar-refractivity contribution >= 4 is 41.5 Å². The average molecular weight is 434 g/mol. The van der Waals surface area contributed by atoms with Gasteiger partial charge < -0.3 is 20.7 Å². The molecule has 0 aliphatic rings. The Morgan fingerprint density at radius 1 is 1.30 bits per heavy atom. The molecule has 0 aliphatic carbocycles. The molecule has 0 bridgehead atoms. The van der Waals surface area contributed by atoms with E-state index in [0.29, 0.717) is 19.1 Å². The fraction of sp³-hybridized carbons (Fsp3) is 0.500. The maximum Gasteiger partial charge on any atom is 0.221 e. The monoisotopic (exact) mass is 434 g/mol. The Balaban J connectivity index is 0.00000484. The van der Waals surface area contributed by atoms with E-state index < -0.39 is 0 Å². The van der Waals surface area contributed by atoms with E-state index in [0.717, 1.165) is 23.9 Å². The summed E-state index contributed by atoms with van der Waals surface area (Å²) in [6.07, 6.45) is 0. The summed E-state index contributed by atoms with van der Waals surface area (Å²) in [6, 6.07) is 7.33. The number of amides is 1. The molecule has 0 aliphatic heterocycles. The van der Waals surface area contributed by atoms with Gasteiger partial charge in [0.2, 0.25) is 5.91 Å². The predicted octanol–water partition coefficient (Wildman–Crippen LogP) is 2.46. The van der Waals surface area contributed by atoms with Crippen molar-refractivity contribution in [3.8, 4) is 5.75 Å². The Morgan fingerprint density at radius 3 is 2.65 bits per heavy atom. The third-order valence-corrected chi connectivity index (χ3v) is 2.72. The first-order chi connectivity index (χ1) is 10.5. The highest BCUT2D eigenvalue weighted by Gasteiger charge is 2.01. The lowest BCUT2D eigenvalue weighted by Crippen LogP contribution is -2.40. The summed E-state index contributed by atoms with van der Waals surface area (Å²) >= 11 is 0. The van der Waals surface area contributed by atoms with Crippen LogP contribution in [0.5, 0.6) is 5.75 Å². The minimum atomic E-state index is -0.0983. The minimum absolute atomic E-state index is 0. The van der Waals surface area contributed by atoms with Crippen LogP contribution in [0.3, 0.4) is 0 Å². The standard InChI is InChI=1S/C16H26N4O2.HI/c1-12(2)11-19-16(17-4)18-8-9-22-15-7-5-6-14(10-15)20-13(3)21;/h5-7,10,12H,8-9,11H2,1-4H3,(H,20,21)(H2,17,18,19);1H. The van der Waals surface area contributed by atoms with E-state index in [1.165, 1.54) is 6.92 Å². The number of halogens is 1. The smallest absolute Gasteiger partial charge is 0.221 e. The number of guanidine groups is 1. The maximum atomic E-state index is 11.0. The van der Waals surface area contributed by atoms with Crippen molar-refractivity contribution in [2.24, 2.45) is 10.9 Å². The molecule has 23 heavy (non-hydrogen) atoms. The van der Waals surface area contributed by atoms with Gasteiger partial charge in [0.05, 0.1) is 6.54 Å². The highest BCUT2D eigenvalue weighted by molar-refractivity contribution is 14.0. The van der Waals surface area contributed by atoms with Gasteiger partial charge >= 0.3 is 0 Å². The van der Waals surface area contributed by atoms with E-state index >= 15 is 0 Å². The Bertz CT molecular complexity index is 507. The topological polar surface area (TPSA) is 74.8 Å². The zero-order valence-electron chi connectivity index (χ0n) is 14.2. The van der Waals surface area contributed by atoms with Gasteiger partial charge in [-0.1, -0.05) is 19.9 Å². The third-order valence-electron chi connectivity index (χ3n) is 2.72. The Morgan fingerprint density at radius 2 is 2.04 bits per heavy atom. The molecule has 1 aromatic rings. The normalized spacial score (nSPS) is 10.7. The molecule has 7 heteroatoms. The summed E-state index contributed by atoms with van der Waals surface area (Å²) in [5.41, 5.74) is 0.729. The van der Waals surface area contributed by atoms with Crippen molar-refractivity contribution in [3.63, 3.8) is 0 Å². The van der Waals surface area contributed by atoms with Crippen LogP contribution in [0, 0.1) is 5.92 Å². The van der Waals surface area contributed by atoms with E-state index in [4.69, 9.17) is 4.74 Å². The van der Waals surface area contributed by atoms with Crippen molar-refractivity contribution in [1.82, 2.24) is 10.6 Å². The molecule has 0 spiro atoms. The number of ether oxygens (including phenoxy) is 1. The van der Waals surface area contributed by atoms with Crippen molar-refractivity contribution in [3.05, 3.63) is 24.3 Å². The maximum absolute atomic E-state index is 11.0. The molecular formula is C16H27IN4O2. The second-order valence-electron chi connectivity index (χ2n) is 5.33. The minimum Gasteiger partial charge on any atom is -0.492 e. The lowest BCUT2D eigenvalue weighted by Gasteiger charge is -2.14. The SMILES string of the molecule is CN=C(NCCOc1cccc(NC(C)=O)c1)NCC(C)C.I. The number of nitrogens with zero attached hydrogens (tertiary/aromatic N) is 1. The Hall–Kier alpha value is -1.51. The number of benzene rings is 1. The van der Waals surface area contributed by atoms with E-state index in [-0.39, 0.29) is 29.9 Å². The Labute approximate surface area is 155 Å². The molecule has 0 saturated heterocycles. The first kappa shape index (κ1) is 21.5. The van der Waals surface area contributed by atoms with Gasteiger partial charge in [-0.3, -0.25) is 9.79 Å². The second-order valence-corrected chi connectivity index (χ2v) is 5.33. The van der Waals surface area contributed by atoms with Crippen LogP contribution in [0.1, 0.15) is 20.8 Å². The van der Waals surface area contributed by atoms with Crippen molar-refractivity contribution in [2.75, 3.05) is 32.1 Å². The molecule has 0 atom stereocenters. The van der Waals surface area contributed by atoms with Crippen molar-refractivity contribution < 1.29 is 9.53 Å². The summed E-state index contributed by atoms with van der Waals surface area (Å²) in [4.78, 5) is 15.2. The van der Waals surface area contributed by atoms with Gasteiger partial charge in [0.1, 0.15) is 12.4 Å². The van der Waals surface area contributed by atoms with Crippen LogP contribution >= 0.6 is 24.0 Å².